The summed E-state index contributed by atoms with van der Waals surface area (Å²) in [4.78, 5) is 12.3. The Hall–Kier alpha value is -2.14. The second-order valence-corrected chi connectivity index (χ2v) is 4.67. The molecule has 0 fully saturated rings. The van der Waals surface area contributed by atoms with Crippen LogP contribution in [0, 0.1) is 0 Å². The van der Waals surface area contributed by atoms with E-state index < -0.39 is 0 Å². The van der Waals surface area contributed by atoms with E-state index in [1.54, 1.807) is 11.7 Å². The molecule has 106 valence electrons. The zero-order valence-corrected chi connectivity index (χ0v) is 11.8. The molecule has 0 aliphatic carbocycles. The number of hydrogen-bond donors (Lipinski definition) is 2. The standard InChI is InChI=1S/C15H20N4O/c1-3-12-9-14(19(2)18-12)15(20)17-13(10-16)11-7-5-4-6-8-11/h4-9,13H,3,10,16H2,1-2H3,(H,17,20). The molecule has 0 aliphatic heterocycles. The van der Waals surface area contributed by atoms with Gasteiger partial charge in [-0.05, 0) is 18.1 Å². The number of aryl methyl sites for hydroxylation is 2. The van der Waals surface area contributed by atoms with Crippen LogP contribution in [0.25, 0.3) is 0 Å². The summed E-state index contributed by atoms with van der Waals surface area (Å²) in [6.45, 7) is 2.37. The van der Waals surface area contributed by atoms with Crippen LogP contribution in [-0.4, -0.2) is 22.2 Å². The van der Waals surface area contributed by atoms with Crippen LogP contribution in [0.1, 0.15) is 34.7 Å². The highest BCUT2D eigenvalue weighted by molar-refractivity contribution is 5.93. The summed E-state index contributed by atoms with van der Waals surface area (Å²) in [7, 11) is 1.77. The number of nitrogens with two attached hydrogens (primary N) is 1. The monoisotopic (exact) mass is 272 g/mol. The van der Waals surface area contributed by atoms with Gasteiger partial charge in [0.15, 0.2) is 0 Å². The molecule has 3 N–H and O–H groups in total. The maximum absolute atomic E-state index is 12.3. The first-order valence-electron chi connectivity index (χ1n) is 6.74. The van der Waals surface area contributed by atoms with Crippen molar-refractivity contribution < 1.29 is 4.79 Å². The van der Waals surface area contributed by atoms with Gasteiger partial charge in [-0.1, -0.05) is 37.3 Å². The summed E-state index contributed by atoms with van der Waals surface area (Å²) < 4.78 is 1.60. The SMILES string of the molecule is CCc1cc(C(=O)NC(CN)c2ccccc2)n(C)n1. The minimum Gasteiger partial charge on any atom is -0.343 e. The lowest BCUT2D eigenvalue weighted by Crippen LogP contribution is -2.34. The molecular weight excluding hydrogens is 252 g/mol. The van der Waals surface area contributed by atoms with Gasteiger partial charge in [0.05, 0.1) is 11.7 Å². The molecular formula is C15H20N4O. The van der Waals surface area contributed by atoms with E-state index in [2.05, 4.69) is 10.4 Å². The number of nitrogens with one attached hydrogen (secondary N) is 1. The predicted molar refractivity (Wildman–Crippen MR) is 78.3 cm³/mol. The first-order chi connectivity index (χ1) is 9.65. The van der Waals surface area contributed by atoms with Gasteiger partial charge in [-0.2, -0.15) is 5.10 Å². The van der Waals surface area contributed by atoms with E-state index in [4.69, 9.17) is 5.73 Å². The Morgan fingerprint density at radius 1 is 1.40 bits per heavy atom. The molecule has 5 heteroatoms. The molecule has 1 heterocycles. The number of amides is 1. The van der Waals surface area contributed by atoms with Gasteiger partial charge in [0.1, 0.15) is 5.69 Å². The lowest BCUT2D eigenvalue weighted by Gasteiger charge is -2.17. The maximum atomic E-state index is 12.3. The zero-order valence-electron chi connectivity index (χ0n) is 11.8. The Morgan fingerprint density at radius 2 is 2.10 bits per heavy atom. The van der Waals surface area contributed by atoms with Crippen LogP contribution in [0.4, 0.5) is 0 Å². The third-order valence-electron chi connectivity index (χ3n) is 3.27. The Morgan fingerprint density at radius 3 is 2.65 bits per heavy atom. The molecule has 0 spiro atoms. The average molecular weight is 272 g/mol. The summed E-state index contributed by atoms with van der Waals surface area (Å²) in [5.74, 6) is -0.154. The van der Waals surface area contributed by atoms with Crippen molar-refractivity contribution >= 4 is 5.91 Å². The molecule has 1 unspecified atom stereocenters. The first kappa shape index (κ1) is 14.3. The fourth-order valence-electron chi connectivity index (χ4n) is 2.11. The van der Waals surface area contributed by atoms with E-state index in [1.165, 1.54) is 0 Å². The minimum atomic E-state index is -0.191. The fraction of sp³-hybridized carbons (Fsp3) is 0.333. The lowest BCUT2D eigenvalue weighted by atomic mass is 10.1. The van der Waals surface area contributed by atoms with E-state index in [1.807, 2.05) is 43.3 Å². The molecule has 1 atom stereocenters. The summed E-state index contributed by atoms with van der Waals surface area (Å²) in [5.41, 5.74) is 8.22. The summed E-state index contributed by atoms with van der Waals surface area (Å²) in [5, 5.41) is 7.23. The molecule has 1 amide bonds. The fourth-order valence-corrected chi connectivity index (χ4v) is 2.11. The van der Waals surface area contributed by atoms with Crippen molar-refractivity contribution in [2.45, 2.75) is 19.4 Å². The molecule has 2 aromatic rings. The van der Waals surface area contributed by atoms with Gasteiger partial charge in [0.2, 0.25) is 0 Å². The van der Waals surface area contributed by atoms with Crippen molar-refractivity contribution in [2.24, 2.45) is 12.8 Å². The van der Waals surface area contributed by atoms with Gasteiger partial charge in [-0.25, -0.2) is 0 Å². The van der Waals surface area contributed by atoms with Gasteiger partial charge in [0.25, 0.3) is 5.91 Å². The number of aromatic nitrogens is 2. The molecule has 20 heavy (non-hydrogen) atoms. The Balaban J connectivity index is 2.15. The number of benzene rings is 1. The molecule has 0 radical (unpaired) electrons. The lowest BCUT2D eigenvalue weighted by molar-refractivity contribution is 0.0928. The largest absolute Gasteiger partial charge is 0.343 e. The van der Waals surface area contributed by atoms with Crippen molar-refractivity contribution in [1.82, 2.24) is 15.1 Å². The number of hydrogen-bond acceptors (Lipinski definition) is 3. The summed E-state index contributed by atoms with van der Waals surface area (Å²) in [6, 6.07) is 11.3. The highest BCUT2D eigenvalue weighted by Crippen LogP contribution is 2.12. The quantitative estimate of drug-likeness (QED) is 0.864. The van der Waals surface area contributed by atoms with Crippen molar-refractivity contribution in [3.05, 3.63) is 53.3 Å². The molecule has 0 aliphatic rings. The number of rotatable bonds is 5. The highest BCUT2D eigenvalue weighted by Gasteiger charge is 2.17. The van der Waals surface area contributed by atoms with Crippen LogP contribution in [0.3, 0.4) is 0 Å². The molecule has 5 nitrogen and oxygen atoms in total. The number of nitrogens with zero attached hydrogens (tertiary/aromatic N) is 2. The smallest absolute Gasteiger partial charge is 0.270 e. The van der Waals surface area contributed by atoms with E-state index >= 15 is 0 Å². The van der Waals surface area contributed by atoms with Crippen LogP contribution >= 0.6 is 0 Å². The molecule has 0 saturated carbocycles. The summed E-state index contributed by atoms with van der Waals surface area (Å²) in [6.07, 6.45) is 0.806. The Labute approximate surface area is 118 Å². The van der Waals surface area contributed by atoms with Gasteiger partial charge in [0, 0.05) is 13.6 Å². The minimum absolute atomic E-state index is 0.154. The number of carbonyl (C=O) groups is 1. The van der Waals surface area contributed by atoms with Gasteiger partial charge < -0.3 is 11.1 Å². The zero-order chi connectivity index (χ0) is 14.5. The molecule has 2 rings (SSSR count). The first-order valence-corrected chi connectivity index (χ1v) is 6.74. The third kappa shape index (κ3) is 3.05. The van der Waals surface area contributed by atoms with E-state index in [9.17, 15) is 4.79 Å². The van der Waals surface area contributed by atoms with Crippen LogP contribution in [0.15, 0.2) is 36.4 Å². The van der Waals surface area contributed by atoms with Crippen molar-refractivity contribution in [2.75, 3.05) is 6.54 Å². The van der Waals surface area contributed by atoms with E-state index in [-0.39, 0.29) is 11.9 Å². The van der Waals surface area contributed by atoms with Gasteiger partial charge in [-0.3, -0.25) is 9.48 Å². The maximum Gasteiger partial charge on any atom is 0.270 e. The summed E-state index contributed by atoms with van der Waals surface area (Å²) >= 11 is 0. The highest BCUT2D eigenvalue weighted by atomic mass is 16.2. The van der Waals surface area contributed by atoms with Crippen LogP contribution < -0.4 is 11.1 Å². The average Bonchev–Trinajstić information content (AvgIpc) is 2.86. The second kappa shape index (κ2) is 6.34. The van der Waals surface area contributed by atoms with Crippen molar-refractivity contribution in [3.63, 3.8) is 0 Å². The topological polar surface area (TPSA) is 72.9 Å². The van der Waals surface area contributed by atoms with Crippen molar-refractivity contribution in [3.8, 4) is 0 Å². The molecule has 1 aromatic heterocycles. The molecule has 0 saturated heterocycles. The molecule has 0 bridgehead atoms. The van der Waals surface area contributed by atoms with Gasteiger partial charge >= 0.3 is 0 Å². The van der Waals surface area contributed by atoms with Crippen LogP contribution in [0.2, 0.25) is 0 Å². The Kier molecular flexibility index (Phi) is 4.53. The van der Waals surface area contributed by atoms with Gasteiger partial charge in [-0.15, -0.1) is 0 Å². The van der Waals surface area contributed by atoms with Crippen LogP contribution in [-0.2, 0) is 13.5 Å². The normalized spacial score (nSPS) is 12.2. The van der Waals surface area contributed by atoms with Crippen molar-refractivity contribution in [1.29, 1.82) is 0 Å². The Bertz CT molecular complexity index is 577. The van der Waals surface area contributed by atoms with E-state index in [0.717, 1.165) is 17.7 Å². The van der Waals surface area contributed by atoms with E-state index in [0.29, 0.717) is 12.2 Å². The van der Waals surface area contributed by atoms with Crippen LogP contribution in [0.5, 0.6) is 0 Å². The third-order valence-corrected chi connectivity index (χ3v) is 3.27. The predicted octanol–water partition coefficient (Wildman–Crippen LogP) is 1.41. The number of carbonyl (C=O) groups excluding carboxylic acids is 1. The second-order valence-electron chi connectivity index (χ2n) is 4.67. The molecule has 1 aromatic carbocycles.